The van der Waals surface area contributed by atoms with Gasteiger partial charge in [-0.2, -0.15) is 0 Å². The first-order chi connectivity index (χ1) is 28.4. The van der Waals surface area contributed by atoms with Crippen molar-refractivity contribution in [3.8, 4) is 0 Å². The van der Waals surface area contributed by atoms with Crippen LogP contribution in [-0.2, 0) is 71.2 Å². The Bertz CT molecular complexity index is 1440. The van der Waals surface area contributed by atoms with Crippen molar-refractivity contribution < 1.29 is 81.4 Å². The average molecular weight is 891 g/mol. The van der Waals surface area contributed by atoms with Crippen LogP contribution in [0.25, 0.3) is 0 Å². The van der Waals surface area contributed by atoms with Crippen molar-refractivity contribution in [1.82, 2.24) is 0 Å². The molecule has 0 bridgehead atoms. The zero-order valence-corrected chi connectivity index (χ0v) is 38.5. The Morgan fingerprint density at radius 1 is 0.548 bits per heavy atom. The van der Waals surface area contributed by atoms with E-state index in [1.807, 2.05) is 55.4 Å². The van der Waals surface area contributed by atoms with Gasteiger partial charge in [0.1, 0.15) is 24.4 Å². The molecule has 0 radical (unpaired) electrons. The molecule has 0 aliphatic carbocycles. The van der Waals surface area contributed by atoms with Gasteiger partial charge in [0.15, 0.2) is 48.9 Å². The minimum absolute atomic E-state index is 0. The lowest BCUT2D eigenvalue weighted by Crippen LogP contribution is -2.60. The molecule has 8 unspecified atom stereocenters. The molecule has 0 aromatic heterocycles. The molecular weight excluding hydrogens is 812 g/mol. The van der Waals surface area contributed by atoms with Crippen LogP contribution in [0.5, 0.6) is 0 Å². The maximum absolute atomic E-state index is 11.8. The minimum atomic E-state index is -0.868. The van der Waals surface area contributed by atoms with Crippen molar-refractivity contribution in [2.24, 2.45) is 23.7 Å². The van der Waals surface area contributed by atoms with Crippen LogP contribution < -0.4 is 0 Å². The molecule has 20 atom stereocenters. The number of ether oxygens (including phenoxy) is 13. The molecule has 0 amide bonds. The summed E-state index contributed by atoms with van der Waals surface area (Å²) in [4.78, 5) is 22.7. The quantitative estimate of drug-likeness (QED) is 0.215. The van der Waals surface area contributed by atoms with Gasteiger partial charge in [0.2, 0.25) is 0 Å². The monoisotopic (exact) mass is 891 g/mol. The topological polar surface area (TPSA) is 195 Å². The summed E-state index contributed by atoms with van der Waals surface area (Å²) in [6.45, 7) is 33.5. The van der Waals surface area contributed by atoms with Gasteiger partial charge in [-0.05, 0) is 55.4 Å². The summed E-state index contributed by atoms with van der Waals surface area (Å²) in [6.07, 6.45) is -3.70. The molecule has 6 saturated heterocycles. The van der Waals surface area contributed by atoms with Gasteiger partial charge in [0.05, 0.1) is 49.8 Å². The van der Waals surface area contributed by atoms with E-state index in [4.69, 9.17) is 61.6 Å². The van der Waals surface area contributed by atoms with Crippen LogP contribution in [0.2, 0.25) is 0 Å². The molecule has 2 N–H and O–H groups in total. The van der Waals surface area contributed by atoms with Crippen LogP contribution in [-0.4, -0.2) is 145 Å². The predicted molar refractivity (Wildman–Crippen MR) is 225 cm³/mol. The van der Waals surface area contributed by atoms with Crippen LogP contribution in [0.15, 0.2) is 25.3 Å². The maximum Gasteiger partial charge on any atom is 0.303 e. The van der Waals surface area contributed by atoms with Crippen LogP contribution in [0.3, 0.4) is 0 Å². The second-order valence-electron chi connectivity index (χ2n) is 17.9. The van der Waals surface area contributed by atoms with Gasteiger partial charge < -0.3 is 71.8 Å². The molecule has 6 aliphatic rings. The van der Waals surface area contributed by atoms with Gasteiger partial charge >= 0.3 is 11.9 Å². The van der Waals surface area contributed by atoms with E-state index in [0.717, 1.165) is 0 Å². The van der Waals surface area contributed by atoms with E-state index >= 15 is 0 Å². The Labute approximate surface area is 369 Å². The minimum Gasteiger partial charge on any atom is -0.457 e. The predicted octanol–water partition coefficient (Wildman–Crippen LogP) is 5.17. The lowest BCUT2D eigenvalue weighted by molar-refractivity contribution is -0.332. The van der Waals surface area contributed by atoms with E-state index in [1.54, 1.807) is 26.0 Å². The number of fused-ring (bicyclic) bond motifs is 2. The molecule has 6 aliphatic heterocycles. The molecular formula is C45H78O17. The second kappa shape index (κ2) is 22.9. The Hall–Kier alpha value is -2.10. The number of aliphatic hydroxyl groups is 2. The molecule has 0 aromatic rings. The molecule has 0 saturated carbocycles. The van der Waals surface area contributed by atoms with Crippen molar-refractivity contribution in [2.75, 3.05) is 13.2 Å². The number of hydrogen-bond acceptors (Lipinski definition) is 17. The Morgan fingerprint density at radius 2 is 0.952 bits per heavy atom. The zero-order chi connectivity index (χ0) is 45.7. The van der Waals surface area contributed by atoms with E-state index in [1.165, 1.54) is 13.8 Å². The molecule has 6 rings (SSSR count). The molecule has 6 fully saturated rings. The third-order valence-electron chi connectivity index (χ3n) is 11.9. The number of aliphatic hydroxyl groups excluding tert-OH is 2. The summed E-state index contributed by atoms with van der Waals surface area (Å²) in [7, 11) is 0. The summed E-state index contributed by atoms with van der Waals surface area (Å²) < 4.78 is 75.0. The van der Waals surface area contributed by atoms with Crippen LogP contribution in [0.4, 0.5) is 0 Å². The normalized spacial score (nSPS) is 44.0. The van der Waals surface area contributed by atoms with Crippen molar-refractivity contribution in [3.05, 3.63) is 25.3 Å². The Kier molecular flexibility index (Phi) is 20.0. The van der Waals surface area contributed by atoms with E-state index in [-0.39, 0.29) is 67.7 Å². The van der Waals surface area contributed by atoms with Crippen molar-refractivity contribution in [2.45, 2.75) is 214 Å². The van der Waals surface area contributed by atoms with Crippen LogP contribution in [0.1, 0.15) is 104 Å². The third-order valence-corrected chi connectivity index (χ3v) is 11.9. The third kappa shape index (κ3) is 13.5. The van der Waals surface area contributed by atoms with Gasteiger partial charge in [0, 0.05) is 37.5 Å². The molecule has 6 heterocycles. The van der Waals surface area contributed by atoms with Crippen LogP contribution in [0, 0.1) is 23.7 Å². The summed E-state index contributed by atoms with van der Waals surface area (Å²) in [6, 6.07) is 0. The van der Waals surface area contributed by atoms with E-state index < -0.39 is 85.3 Å². The highest BCUT2D eigenvalue weighted by molar-refractivity contribution is 5.66. The first kappa shape index (κ1) is 54.2. The van der Waals surface area contributed by atoms with E-state index in [0.29, 0.717) is 13.2 Å². The fourth-order valence-electron chi connectivity index (χ4n) is 8.42. The number of carbonyl (C=O) groups excluding carboxylic acids is 2. The fourth-order valence-corrected chi connectivity index (χ4v) is 8.42. The SMILES string of the molecule is C.C=CCO[C@H]1OC(C)[C@H](OC(C)=O)C(O)[C@H]1C.C=CCO[C@H]1OC(C)[C@H](OC(C)=O)C(O[C@@H]2OC(C)[C@H](C)[C@@H]3OC(C)(C)OC23)[C@H]1C.CC1O[C@@H](O)C2OC(C)(C)O[C@H]2[C@H]1C. The highest BCUT2D eigenvalue weighted by Crippen LogP contribution is 2.43. The van der Waals surface area contributed by atoms with Gasteiger partial charge in [-0.3, -0.25) is 9.59 Å². The standard InChI is InChI=1S/C22H36O8.C12H20O5.C10H18O4.CH4/c1-9-10-24-20-12(3)16(18(14(5)26-20)27-15(6)23)28-21-19-17(11(2)13(4)25-21)29-22(7,8)30-19;1-5-6-15-12-7(2)10(14)11(8(3)16-12)17-9(4)13;1-5-6(2)12-9(11)8-7(5)13-10(3,4)14-8;/h9,11-14,16-21H,1,10H2,2-8H3;5,7-8,10-12,14H,1,6H2,2-4H3;5-9,11H,1-4H3;1H4/t11-,12+,13?,14?,16?,17-,18-,19?,20-,21-;7-,8?,10?,11+,12+;5-,6?,7-,8?,9+;/m010./s1. The largest absolute Gasteiger partial charge is 0.457 e. The molecule has 0 aromatic carbocycles. The fraction of sp³-hybridized carbons (Fsp3) is 0.867. The van der Waals surface area contributed by atoms with Gasteiger partial charge in [-0.25, -0.2) is 0 Å². The van der Waals surface area contributed by atoms with Gasteiger partial charge in [0.25, 0.3) is 0 Å². The smallest absolute Gasteiger partial charge is 0.303 e. The first-order valence-corrected chi connectivity index (χ1v) is 21.6. The van der Waals surface area contributed by atoms with Crippen molar-refractivity contribution in [1.29, 1.82) is 0 Å². The number of carbonyl (C=O) groups is 2. The maximum atomic E-state index is 11.8. The van der Waals surface area contributed by atoms with Gasteiger partial charge in [-0.1, -0.05) is 47.3 Å². The average Bonchev–Trinajstić information content (AvgIpc) is 3.69. The number of rotatable bonds is 10. The molecule has 62 heavy (non-hydrogen) atoms. The molecule has 17 nitrogen and oxygen atoms in total. The van der Waals surface area contributed by atoms with Crippen molar-refractivity contribution >= 4 is 11.9 Å². The first-order valence-electron chi connectivity index (χ1n) is 21.6. The highest BCUT2D eigenvalue weighted by atomic mass is 16.8. The zero-order valence-electron chi connectivity index (χ0n) is 38.5. The Morgan fingerprint density at radius 3 is 1.45 bits per heavy atom. The highest BCUT2D eigenvalue weighted by Gasteiger charge is 2.56. The van der Waals surface area contributed by atoms with Crippen LogP contribution >= 0.6 is 0 Å². The molecule has 17 heteroatoms. The summed E-state index contributed by atoms with van der Waals surface area (Å²) in [5.74, 6) is -2.26. The molecule has 0 spiro atoms. The summed E-state index contributed by atoms with van der Waals surface area (Å²) in [5, 5.41) is 19.7. The number of esters is 2. The molecule has 360 valence electrons. The summed E-state index contributed by atoms with van der Waals surface area (Å²) in [5.41, 5.74) is 0. The van der Waals surface area contributed by atoms with E-state index in [9.17, 15) is 19.8 Å². The lowest BCUT2D eigenvalue weighted by Gasteiger charge is -2.47. The second-order valence-corrected chi connectivity index (χ2v) is 17.9. The Balaban J connectivity index is 0.000000270. The van der Waals surface area contributed by atoms with Crippen molar-refractivity contribution in [3.63, 3.8) is 0 Å². The van der Waals surface area contributed by atoms with E-state index in [2.05, 4.69) is 27.0 Å². The van der Waals surface area contributed by atoms with Gasteiger partial charge in [-0.15, -0.1) is 13.2 Å². The summed E-state index contributed by atoms with van der Waals surface area (Å²) >= 11 is 0. The lowest BCUT2D eigenvalue weighted by atomic mass is 9.90. The number of hydrogen-bond donors (Lipinski definition) is 2.